The largest absolute Gasteiger partial charge is 0.337 e. The van der Waals surface area contributed by atoms with Crippen molar-refractivity contribution in [1.82, 2.24) is 15.1 Å². The Hall–Kier alpha value is -1.47. The molecule has 1 atom stereocenters. The van der Waals surface area contributed by atoms with Gasteiger partial charge in [-0.1, -0.05) is 0 Å². The number of alkyl halides is 1. The molecule has 1 fully saturated rings. The van der Waals surface area contributed by atoms with Crippen molar-refractivity contribution >= 4 is 23.2 Å². The van der Waals surface area contributed by atoms with Gasteiger partial charge >= 0.3 is 0 Å². The molecule has 1 N–H and O–H groups in total. The summed E-state index contributed by atoms with van der Waals surface area (Å²) in [7, 11) is 1.59. The molecule has 1 aromatic rings. The van der Waals surface area contributed by atoms with Crippen LogP contribution >= 0.6 is 11.3 Å². The van der Waals surface area contributed by atoms with Crippen LogP contribution in [0.4, 0.5) is 4.39 Å². The summed E-state index contributed by atoms with van der Waals surface area (Å²) in [6.07, 6.45) is 0. The van der Waals surface area contributed by atoms with E-state index in [1.54, 1.807) is 18.5 Å². The zero-order valence-corrected chi connectivity index (χ0v) is 13.1. The average Bonchev–Trinajstić information content (AvgIpc) is 2.88. The molecule has 0 spiro atoms. The molecule has 5 nitrogen and oxygen atoms in total. The number of rotatable bonds is 3. The first kappa shape index (κ1) is 15.9. The highest BCUT2D eigenvalue weighted by molar-refractivity contribution is 7.08. The van der Waals surface area contributed by atoms with Crippen molar-refractivity contribution in [2.75, 3.05) is 39.8 Å². The smallest absolute Gasteiger partial charge is 0.254 e. The molecular weight excluding hydrogens is 293 g/mol. The molecule has 1 aliphatic rings. The highest BCUT2D eigenvalue weighted by Crippen LogP contribution is 2.14. The first-order chi connectivity index (χ1) is 9.89. The molecule has 1 saturated heterocycles. The summed E-state index contributed by atoms with van der Waals surface area (Å²) in [5.41, 5.74) is -0.870. The van der Waals surface area contributed by atoms with Crippen LogP contribution in [0.5, 0.6) is 0 Å². The number of hydrogen-bond acceptors (Lipinski definition) is 4. The first-order valence-electron chi connectivity index (χ1n) is 6.84. The van der Waals surface area contributed by atoms with Gasteiger partial charge in [0.05, 0.1) is 18.7 Å². The third-order valence-electron chi connectivity index (χ3n) is 3.41. The predicted molar refractivity (Wildman–Crippen MR) is 80.2 cm³/mol. The Bertz CT molecular complexity index is 504. The Morgan fingerprint density at radius 1 is 1.57 bits per heavy atom. The molecule has 21 heavy (non-hydrogen) atoms. The monoisotopic (exact) mass is 313 g/mol. The van der Waals surface area contributed by atoms with Crippen LogP contribution in [0.25, 0.3) is 0 Å². The molecule has 0 radical (unpaired) electrons. The number of amides is 2. The van der Waals surface area contributed by atoms with Crippen molar-refractivity contribution in [3.8, 4) is 0 Å². The van der Waals surface area contributed by atoms with E-state index in [-0.39, 0.29) is 31.4 Å². The maximum atomic E-state index is 14.1. The Balaban J connectivity index is 1.95. The van der Waals surface area contributed by atoms with Crippen LogP contribution < -0.4 is 5.32 Å². The number of likely N-dealkylation sites (N-methyl/N-ethyl adjacent to an activating group) is 1. The molecule has 7 heteroatoms. The van der Waals surface area contributed by atoms with Crippen LogP contribution in [-0.4, -0.2) is 67.1 Å². The summed E-state index contributed by atoms with van der Waals surface area (Å²) in [6.45, 7) is 2.75. The number of nitrogens with zero attached hydrogens (tertiary/aromatic N) is 2. The summed E-state index contributed by atoms with van der Waals surface area (Å²) in [5.74, 6) is -0.422. The topological polar surface area (TPSA) is 52.7 Å². The van der Waals surface area contributed by atoms with Gasteiger partial charge in [0.2, 0.25) is 5.91 Å². The van der Waals surface area contributed by atoms with E-state index >= 15 is 0 Å². The van der Waals surface area contributed by atoms with Gasteiger partial charge in [-0.25, -0.2) is 4.39 Å². The van der Waals surface area contributed by atoms with E-state index < -0.39 is 5.67 Å². The molecule has 1 aromatic heterocycles. The van der Waals surface area contributed by atoms with Crippen molar-refractivity contribution in [3.05, 3.63) is 22.4 Å². The van der Waals surface area contributed by atoms with E-state index in [4.69, 9.17) is 0 Å². The van der Waals surface area contributed by atoms with Gasteiger partial charge in [0.25, 0.3) is 5.91 Å². The zero-order chi connectivity index (χ0) is 15.5. The molecule has 1 unspecified atom stereocenters. The SMILES string of the molecule is CN(CC(=O)N1CCNCC(C)(F)C1)C(=O)c1ccsc1. The molecule has 0 bridgehead atoms. The number of hydrogen-bond donors (Lipinski definition) is 1. The van der Waals surface area contributed by atoms with E-state index in [2.05, 4.69) is 5.32 Å². The quantitative estimate of drug-likeness (QED) is 0.905. The predicted octanol–water partition coefficient (Wildman–Crippen LogP) is 0.980. The molecular formula is C14H20FN3O2S. The van der Waals surface area contributed by atoms with Gasteiger partial charge in [-0.05, 0) is 18.4 Å². The normalized spacial score (nSPS) is 22.7. The van der Waals surface area contributed by atoms with E-state index in [1.807, 2.05) is 5.38 Å². The molecule has 0 aliphatic carbocycles. The standard InChI is InChI=1S/C14H20FN3O2S/c1-14(15)9-16-4-5-18(10-14)12(19)7-17(2)13(20)11-3-6-21-8-11/h3,6,8,16H,4-5,7,9-10H2,1-2H3. The second kappa shape index (κ2) is 6.53. The maximum absolute atomic E-state index is 14.1. The summed E-state index contributed by atoms with van der Waals surface area (Å²) in [4.78, 5) is 27.2. The first-order valence-corrected chi connectivity index (χ1v) is 7.78. The van der Waals surface area contributed by atoms with Crippen LogP contribution in [0, 0.1) is 0 Å². The van der Waals surface area contributed by atoms with Gasteiger partial charge in [-0.2, -0.15) is 11.3 Å². The fourth-order valence-corrected chi connectivity index (χ4v) is 2.92. The fraction of sp³-hybridized carbons (Fsp3) is 0.571. The molecule has 0 aromatic carbocycles. The minimum absolute atomic E-state index is 0.0369. The number of thiophene rings is 1. The number of nitrogens with one attached hydrogen (secondary N) is 1. The molecule has 116 valence electrons. The van der Waals surface area contributed by atoms with Crippen LogP contribution in [0.1, 0.15) is 17.3 Å². The van der Waals surface area contributed by atoms with Crippen molar-refractivity contribution in [2.24, 2.45) is 0 Å². The Morgan fingerprint density at radius 2 is 2.33 bits per heavy atom. The van der Waals surface area contributed by atoms with Crippen LogP contribution in [0.3, 0.4) is 0 Å². The minimum atomic E-state index is -1.44. The second-order valence-electron chi connectivity index (χ2n) is 5.58. The van der Waals surface area contributed by atoms with Crippen LogP contribution in [-0.2, 0) is 4.79 Å². The van der Waals surface area contributed by atoms with Gasteiger partial charge in [0.15, 0.2) is 0 Å². The third kappa shape index (κ3) is 4.25. The average molecular weight is 313 g/mol. The number of carbonyl (C=O) groups excluding carboxylic acids is 2. The van der Waals surface area contributed by atoms with Crippen molar-refractivity contribution in [1.29, 1.82) is 0 Å². The number of carbonyl (C=O) groups is 2. The Kier molecular flexibility index (Phi) is 4.95. The minimum Gasteiger partial charge on any atom is -0.337 e. The molecule has 0 saturated carbocycles. The maximum Gasteiger partial charge on any atom is 0.254 e. The highest BCUT2D eigenvalue weighted by atomic mass is 32.1. The highest BCUT2D eigenvalue weighted by Gasteiger charge is 2.31. The Morgan fingerprint density at radius 3 is 3.00 bits per heavy atom. The fourth-order valence-electron chi connectivity index (χ4n) is 2.29. The Labute approximate surface area is 127 Å². The van der Waals surface area contributed by atoms with Crippen molar-refractivity contribution in [2.45, 2.75) is 12.6 Å². The van der Waals surface area contributed by atoms with Crippen molar-refractivity contribution < 1.29 is 14.0 Å². The molecule has 2 heterocycles. The van der Waals surface area contributed by atoms with E-state index in [9.17, 15) is 14.0 Å². The lowest BCUT2D eigenvalue weighted by Crippen LogP contribution is -2.46. The lowest BCUT2D eigenvalue weighted by atomic mass is 10.1. The third-order valence-corrected chi connectivity index (χ3v) is 4.10. The van der Waals surface area contributed by atoms with Gasteiger partial charge in [0.1, 0.15) is 5.67 Å². The lowest BCUT2D eigenvalue weighted by Gasteiger charge is -2.28. The molecule has 2 amide bonds. The van der Waals surface area contributed by atoms with Gasteiger partial charge in [-0.15, -0.1) is 0 Å². The summed E-state index contributed by atoms with van der Waals surface area (Å²) in [6, 6.07) is 1.72. The summed E-state index contributed by atoms with van der Waals surface area (Å²) in [5, 5.41) is 6.54. The van der Waals surface area contributed by atoms with Crippen LogP contribution in [0.15, 0.2) is 16.8 Å². The van der Waals surface area contributed by atoms with Gasteiger partial charge in [-0.3, -0.25) is 9.59 Å². The number of halogens is 1. The summed E-state index contributed by atoms with van der Waals surface area (Å²) < 4.78 is 14.1. The van der Waals surface area contributed by atoms with Gasteiger partial charge < -0.3 is 15.1 Å². The van der Waals surface area contributed by atoms with Gasteiger partial charge in [0, 0.05) is 32.1 Å². The summed E-state index contributed by atoms with van der Waals surface area (Å²) >= 11 is 1.43. The lowest BCUT2D eigenvalue weighted by molar-refractivity contribution is -0.132. The zero-order valence-electron chi connectivity index (χ0n) is 12.3. The van der Waals surface area contributed by atoms with E-state index in [0.29, 0.717) is 18.7 Å². The second-order valence-corrected chi connectivity index (χ2v) is 6.36. The van der Waals surface area contributed by atoms with E-state index in [1.165, 1.54) is 28.1 Å². The molecule has 2 rings (SSSR count). The molecule has 1 aliphatic heterocycles. The van der Waals surface area contributed by atoms with Crippen LogP contribution in [0.2, 0.25) is 0 Å². The van der Waals surface area contributed by atoms with Crippen molar-refractivity contribution in [3.63, 3.8) is 0 Å². The van der Waals surface area contributed by atoms with E-state index in [0.717, 1.165) is 0 Å².